The van der Waals surface area contributed by atoms with Crippen LogP contribution in [0.4, 0.5) is 11.4 Å². The van der Waals surface area contributed by atoms with Gasteiger partial charge in [0.15, 0.2) is 0 Å². The van der Waals surface area contributed by atoms with E-state index in [4.69, 9.17) is 11.1 Å². The van der Waals surface area contributed by atoms with Gasteiger partial charge in [0, 0.05) is 36.6 Å². The van der Waals surface area contributed by atoms with Gasteiger partial charge in [-0.25, -0.2) is 0 Å². The highest BCUT2D eigenvalue weighted by Gasteiger charge is 2.08. The molecule has 0 saturated heterocycles. The fourth-order valence-electron chi connectivity index (χ4n) is 2.94. The molecule has 1 amide bonds. The maximum Gasteiger partial charge on any atom is 0.211 e. The summed E-state index contributed by atoms with van der Waals surface area (Å²) in [5, 5.41) is 14.2. The van der Waals surface area contributed by atoms with Crippen LogP contribution >= 0.6 is 0 Å². The summed E-state index contributed by atoms with van der Waals surface area (Å²) < 4.78 is 0. The van der Waals surface area contributed by atoms with Crippen LogP contribution in [0.5, 0.6) is 0 Å². The summed E-state index contributed by atoms with van der Waals surface area (Å²) in [5.74, 6) is 0. The number of anilines is 2. The van der Waals surface area contributed by atoms with Crippen molar-refractivity contribution in [3.63, 3.8) is 0 Å². The lowest BCUT2D eigenvalue weighted by Crippen LogP contribution is -2.26. The Morgan fingerprint density at radius 2 is 2.07 bits per heavy atom. The van der Waals surface area contributed by atoms with Gasteiger partial charge in [0.05, 0.1) is 5.71 Å². The second kappa shape index (κ2) is 10.4. The maximum atomic E-state index is 10.8. The van der Waals surface area contributed by atoms with Crippen molar-refractivity contribution in [2.24, 2.45) is 0 Å². The largest absolute Gasteiger partial charge is 0.398 e. The first-order valence-corrected chi connectivity index (χ1v) is 9.24. The number of hydrogen-bond donors (Lipinski definition) is 4. The summed E-state index contributed by atoms with van der Waals surface area (Å²) in [6.07, 6.45) is 4.27. The molecule has 2 aromatic rings. The van der Waals surface area contributed by atoms with Gasteiger partial charge in [-0.05, 0) is 55.9 Å². The molecular weight excluding hydrogens is 350 g/mol. The summed E-state index contributed by atoms with van der Waals surface area (Å²) in [6, 6.07) is 11.8. The minimum absolute atomic E-state index is 0.294. The molecule has 0 spiro atoms. The number of amides is 1. The van der Waals surface area contributed by atoms with Crippen molar-refractivity contribution in [2.75, 3.05) is 38.2 Å². The zero-order valence-corrected chi connectivity index (χ0v) is 16.8. The Balaban J connectivity index is 2.13. The summed E-state index contributed by atoms with van der Waals surface area (Å²) >= 11 is 0. The number of allylic oxidation sites excluding steroid dienone is 1. The first kappa shape index (κ1) is 21.3. The third-order valence-electron chi connectivity index (χ3n) is 4.49. The van der Waals surface area contributed by atoms with E-state index in [1.54, 1.807) is 18.2 Å². The molecule has 6 heteroatoms. The van der Waals surface area contributed by atoms with E-state index in [2.05, 4.69) is 34.7 Å². The van der Waals surface area contributed by atoms with Crippen LogP contribution in [0.3, 0.4) is 0 Å². The molecule has 0 aliphatic heterocycles. The molecule has 0 fully saturated rings. The van der Waals surface area contributed by atoms with E-state index < -0.39 is 0 Å². The minimum Gasteiger partial charge on any atom is -0.398 e. The molecular formula is C22H29N5O. The molecule has 0 aliphatic rings. The third-order valence-corrected chi connectivity index (χ3v) is 4.49. The zero-order chi connectivity index (χ0) is 20.5. The van der Waals surface area contributed by atoms with Gasteiger partial charge in [-0.2, -0.15) is 0 Å². The van der Waals surface area contributed by atoms with Crippen LogP contribution in [0, 0.1) is 12.3 Å². The molecule has 28 heavy (non-hydrogen) atoms. The molecule has 0 bridgehead atoms. The van der Waals surface area contributed by atoms with Crippen LogP contribution in [0.1, 0.15) is 22.3 Å². The average Bonchev–Trinajstić information content (AvgIpc) is 2.67. The molecule has 0 aromatic heterocycles. The SMILES string of the molecule is CNCCN(C)Cc1cccc(/C=C/C(=N)c2cc(NC=O)c(C)cc2N)c1. The smallest absolute Gasteiger partial charge is 0.211 e. The van der Waals surface area contributed by atoms with Crippen molar-refractivity contribution < 1.29 is 4.79 Å². The summed E-state index contributed by atoms with van der Waals surface area (Å²) in [4.78, 5) is 13.0. The molecule has 0 saturated carbocycles. The topological polar surface area (TPSA) is 94.2 Å². The molecule has 6 nitrogen and oxygen atoms in total. The lowest BCUT2D eigenvalue weighted by atomic mass is 10.0. The monoisotopic (exact) mass is 379 g/mol. The van der Waals surface area contributed by atoms with Crippen molar-refractivity contribution in [3.8, 4) is 0 Å². The van der Waals surface area contributed by atoms with E-state index in [0.717, 1.165) is 30.8 Å². The van der Waals surface area contributed by atoms with E-state index >= 15 is 0 Å². The summed E-state index contributed by atoms with van der Waals surface area (Å²) in [5.41, 5.74) is 11.2. The number of hydrogen-bond acceptors (Lipinski definition) is 5. The molecule has 0 atom stereocenters. The minimum atomic E-state index is 0.294. The van der Waals surface area contributed by atoms with E-state index in [0.29, 0.717) is 29.1 Å². The fourth-order valence-corrected chi connectivity index (χ4v) is 2.94. The average molecular weight is 380 g/mol. The Labute approximate surface area is 166 Å². The van der Waals surface area contributed by atoms with Crippen molar-refractivity contribution in [3.05, 3.63) is 64.7 Å². The number of carbonyl (C=O) groups excluding carboxylic acids is 1. The van der Waals surface area contributed by atoms with E-state index in [1.807, 2.05) is 32.2 Å². The molecule has 2 aromatic carbocycles. The van der Waals surface area contributed by atoms with Crippen molar-refractivity contribution in [1.82, 2.24) is 10.2 Å². The van der Waals surface area contributed by atoms with E-state index in [9.17, 15) is 4.79 Å². The van der Waals surface area contributed by atoms with Crippen LogP contribution in [-0.2, 0) is 11.3 Å². The zero-order valence-electron chi connectivity index (χ0n) is 16.8. The number of nitrogens with one attached hydrogen (secondary N) is 3. The Morgan fingerprint density at radius 3 is 2.79 bits per heavy atom. The molecule has 5 N–H and O–H groups in total. The molecule has 0 radical (unpaired) electrons. The Morgan fingerprint density at radius 1 is 1.29 bits per heavy atom. The van der Waals surface area contributed by atoms with Gasteiger partial charge in [-0.15, -0.1) is 0 Å². The lowest BCUT2D eigenvalue weighted by molar-refractivity contribution is -0.105. The quantitative estimate of drug-likeness (QED) is 0.290. The van der Waals surface area contributed by atoms with Crippen LogP contribution in [0.15, 0.2) is 42.5 Å². The van der Waals surface area contributed by atoms with Gasteiger partial charge < -0.3 is 26.7 Å². The fraction of sp³-hybridized carbons (Fsp3) is 0.273. The molecule has 0 unspecified atom stereocenters. The molecule has 148 valence electrons. The van der Waals surface area contributed by atoms with Crippen LogP contribution in [0.25, 0.3) is 6.08 Å². The second-order valence-corrected chi connectivity index (χ2v) is 6.85. The molecule has 0 heterocycles. The number of nitrogen functional groups attached to an aromatic ring is 1. The van der Waals surface area contributed by atoms with E-state index in [1.165, 1.54) is 5.56 Å². The second-order valence-electron chi connectivity index (χ2n) is 6.85. The third kappa shape index (κ3) is 6.04. The van der Waals surface area contributed by atoms with Crippen LogP contribution in [-0.4, -0.2) is 44.2 Å². The number of aryl methyl sites for hydroxylation is 1. The number of carbonyl (C=O) groups is 1. The van der Waals surface area contributed by atoms with Crippen molar-refractivity contribution >= 4 is 29.6 Å². The first-order valence-electron chi connectivity index (χ1n) is 9.24. The standard InChI is InChI=1S/C22H29N5O/c1-16-11-21(24)19(13-22(16)26-15-28)20(23)8-7-17-5-4-6-18(12-17)14-27(3)10-9-25-2/h4-8,11-13,15,23,25H,9-10,14,24H2,1-3H3,(H,26,28)/b8-7+,23-20?. The predicted molar refractivity (Wildman–Crippen MR) is 118 cm³/mol. The number of benzene rings is 2. The maximum absolute atomic E-state index is 10.8. The highest BCUT2D eigenvalue weighted by molar-refractivity contribution is 6.12. The number of nitrogens with zero attached hydrogens (tertiary/aromatic N) is 1. The number of rotatable bonds is 10. The Kier molecular flexibility index (Phi) is 7.92. The predicted octanol–water partition coefficient (Wildman–Crippen LogP) is 2.88. The van der Waals surface area contributed by atoms with E-state index in [-0.39, 0.29) is 0 Å². The van der Waals surface area contributed by atoms with Gasteiger partial charge >= 0.3 is 0 Å². The highest BCUT2D eigenvalue weighted by Crippen LogP contribution is 2.23. The van der Waals surface area contributed by atoms with Gasteiger partial charge in [-0.1, -0.05) is 30.3 Å². The Hall–Kier alpha value is -2.96. The lowest BCUT2D eigenvalue weighted by Gasteiger charge is -2.16. The highest BCUT2D eigenvalue weighted by atomic mass is 16.1. The van der Waals surface area contributed by atoms with Crippen molar-refractivity contribution in [1.29, 1.82) is 5.41 Å². The van der Waals surface area contributed by atoms with Gasteiger partial charge in [0.1, 0.15) is 0 Å². The molecule has 2 rings (SSSR count). The van der Waals surface area contributed by atoms with Gasteiger partial charge in [0.2, 0.25) is 6.41 Å². The summed E-state index contributed by atoms with van der Waals surface area (Å²) in [6.45, 7) is 4.66. The summed E-state index contributed by atoms with van der Waals surface area (Å²) in [7, 11) is 4.05. The van der Waals surface area contributed by atoms with Crippen LogP contribution < -0.4 is 16.4 Å². The number of nitrogens with two attached hydrogens (primary N) is 1. The molecule has 0 aliphatic carbocycles. The van der Waals surface area contributed by atoms with Gasteiger partial charge in [-0.3, -0.25) is 4.79 Å². The van der Waals surface area contributed by atoms with Crippen LogP contribution in [0.2, 0.25) is 0 Å². The van der Waals surface area contributed by atoms with Crippen molar-refractivity contribution in [2.45, 2.75) is 13.5 Å². The normalized spacial score (nSPS) is 11.1. The Bertz CT molecular complexity index is 860. The number of likely N-dealkylation sites (N-methyl/N-ethyl adjacent to an activating group) is 2. The van der Waals surface area contributed by atoms with Gasteiger partial charge in [0.25, 0.3) is 0 Å². The first-order chi connectivity index (χ1) is 13.4.